The Bertz CT molecular complexity index is 945. The fraction of sp³-hybridized carbons (Fsp3) is 0.421. The van der Waals surface area contributed by atoms with E-state index in [1.807, 2.05) is 18.5 Å². The Morgan fingerprint density at radius 2 is 2.16 bits per heavy atom. The number of rotatable bonds is 3. The predicted octanol–water partition coefficient (Wildman–Crippen LogP) is 2.61. The number of hydrogen-bond acceptors (Lipinski definition) is 4. The molecule has 1 aliphatic carbocycles. The first kappa shape index (κ1) is 14.7. The first-order valence-corrected chi connectivity index (χ1v) is 9.06. The molecular weight excluding hydrogens is 314 g/mol. The summed E-state index contributed by atoms with van der Waals surface area (Å²) >= 11 is 0. The number of H-pyrrole nitrogens is 1. The van der Waals surface area contributed by atoms with Crippen LogP contribution in [0, 0.1) is 5.92 Å². The van der Waals surface area contributed by atoms with Crippen molar-refractivity contribution in [1.29, 1.82) is 0 Å². The van der Waals surface area contributed by atoms with Gasteiger partial charge >= 0.3 is 0 Å². The molecule has 3 aromatic rings. The van der Waals surface area contributed by atoms with Gasteiger partial charge in [0.1, 0.15) is 0 Å². The predicted molar refractivity (Wildman–Crippen MR) is 97.5 cm³/mol. The lowest BCUT2D eigenvalue weighted by molar-refractivity contribution is -0.125. The Morgan fingerprint density at radius 3 is 3.04 bits per heavy atom. The molecule has 6 heteroatoms. The van der Waals surface area contributed by atoms with Gasteiger partial charge in [0.05, 0.1) is 17.6 Å². The van der Waals surface area contributed by atoms with E-state index in [4.69, 9.17) is 0 Å². The lowest BCUT2D eigenvalue weighted by Gasteiger charge is -2.34. The van der Waals surface area contributed by atoms with Gasteiger partial charge in [0.25, 0.3) is 0 Å². The molecule has 2 aliphatic rings. The van der Waals surface area contributed by atoms with Gasteiger partial charge in [0, 0.05) is 48.0 Å². The van der Waals surface area contributed by atoms with Crippen LogP contribution in [0.1, 0.15) is 25.7 Å². The van der Waals surface area contributed by atoms with E-state index < -0.39 is 0 Å². The Labute approximate surface area is 145 Å². The van der Waals surface area contributed by atoms with Crippen molar-refractivity contribution in [2.75, 3.05) is 18.0 Å². The van der Waals surface area contributed by atoms with E-state index in [-0.39, 0.29) is 11.8 Å². The van der Waals surface area contributed by atoms with Crippen LogP contribution < -0.4 is 10.2 Å². The second-order valence-electron chi connectivity index (χ2n) is 7.16. The number of pyridine rings is 2. The van der Waals surface area contributed by atoms with Gasteiger partial charge in [-0.2, -0.15) is 0 Å². The highest BCUT2D eigenvalue weighted by Gasteiger charge is 2.31. The summed E-state index contributed by atoms with van der Waals surface area (Å²) < 4.78 is 0. The third-order valence-corrected chi connectivity index (χ3v) is 5.33. The first-order chi connectivity index (χ1) is 12.3. The summed E-state index contributed by atoms with van der Waals surface area (Å²) in [6, 6.07) is 4.55. The molecule has 0 aromatic carbocycles. The lowest BCUT2D eigenvalue weighted by atomic mass is 9.96. The first-order valence-electron chi connectivity index (χ1n) is 9.06. The smallest absolute Gasteiger partial charge is 0.225 e. The molecule has 2 fully saturated rings. The molecule has 1 atom stereocenters. The summed E-state index contributed by atoms with van der Waals surface area (Å²) in [7, 11) is 0. The van der Waals surface area contributed by atoms with Crippen molar-refractivity contribution >= 4 is 33.5 Å². The zero-order chi connectivity index (χ0) is 16.8. The van der Waals surface area contributed by atoms with Crippen LogP contribution in [-0.4, -0.2) is 40.0 Å². The highest BCUT2D eigenvalue weighted by Crippen LogP contribution is 2.33. The van der Waals surface area contributed by atoms with Gasteiger partial charge in [-0.05, 0) is 37.8 Å². The molecule has 3 aromatic heterocycles. The fourth-order valence-corrected chi connectivity index (χ4v) is 3.86. The molecule has 2 N–H and O–H groups in total. The monoisotopic (exact) mass is 335 g/mol. The molecule has 0 radical (unpaired) electrons. The summed E-state index contributed by atoms with van der Waals surface area (Å²) in [5.74, 6) is 0.296. The minimum absolute atomic E-state index is 0.0729. The van der Waals surface area contributed by atoms with Crippen LogP contribution in [0.15, 0.2) is 30.7 Å². The maximum atomic E-state index is 12.5. The van der Waals surface area contributed by atoms with Gasteiger partial charge < -0.3 is 15.2 Å². The summed E-state index contributed by atoms with van der Waals surface area (Å²) in [5, 5.41) is 5.38. The normalized spacial score (nSPS) is 21.0. The molecular formula is C19H21N5O. The third kappa shape index (κ3) is 2.62. The van der Waals surface area contributed by atoms with Crippen molar-refractivity contribution in [3.63, 3.8) is 0 Å². The maximum Gasteiger partial charge on any atom is 0.225 e. The third-order valence-electron chi connectivity index (χ3n) is 5.33. The quantitative estimate of drug-likeness (QED) is 0.771. The molecule has 1 aliphatic heterocycles. The van der Waals surface area contributed by atoms with Crippen molar-refractivity contribution in [2.45, 2.75) is 31.7 Å². The van der Waals surface area contributed by atoms with E-state index in [9.17, 15) is 4.79 Å². The van der Waals surface area contributed by atoms with E-state index in [0.29, 0.717) is 6.04 Å². The minimum atomic E-state index is 0.0729. The van der Waals surface area contributed by atoms with Crippen LogP contribution in [0.5, 0.6) is 0 Å². The van der Waals surface area contributed by atoms with E-state index in [2.05, 4.69) is 31.2 Å². The molecule has 1 amide bonds. The number of aromatic amines is 1. The summed E-state index contributed by atoms with van der Waals surface area (Å²) in [6.45, 7) is 1.75. The van der Waals surface area contributed by atoms with E-state index >= 15 is 0 Å². The van der Waals surface area contributed by atoms with Gasteiger partial charge in [-0.25, -0.2) is 9.97 Å². The lowest BCUT2D eigenvalue weighted by Crippen LogP contribution is -2.43. The molecule has 1 saturated heterocycles. The summed E-state index contributed by atoms with van der Waals surface area (Å²) in [4.78, 5) is 26.9. The Morgan fingerprint density at radius 1 is 1.24 bits per heavy atom. The zero-order valence-electron chi connectivity index (χ0n) is 14.0. The Hall–Kier alpha value is -2.63. The number of piperidine rings is 1. The van der Waals surface area contributed by atoms with Crippen molar-refractivity contribution in [2.24, 2.45) is 5.92 Å². The molecule has 0 bridgehead atoms. The van der Waals surface area contributed by atoms with Gasteiger partial charge in [-0.1, -0.05) is 0 Å². The number of carbonyl (C=O) groups is 1. The Kier molecular flexibility index (Phi) is 3.36. The highest BCUT2D eigenvalue weighted by molar-refractivity contribution is 6.10. The average Bonchev–Trinajstić information content (AvgIpc) is 3.33. The highest BCUT2D eigenvalue weighted by atomic mass is 16.2. The van der Waals surface area contributed by atoms with Crippen LogP contribution in [0.2, 0.25) is 0 Å². The Balaban J connectivity index is 1.51. The van der Waals surface area contributed by atoms with Crippen molar-refractivity contribution in [3.05, 3.63) is 30.7 Å². The number of carbonyl (C=O) groups excluding carboxylic acids is 1. The largest absolute Gasteiger partial charge is 0.370 e. The van der Waals surface area contributed by atoms with Gasteiger partial charge in [0.15, 0.2) is 5.65 Å². The standard InChI is InChI=1S/C19H21N5O/c25-19(23-13-3-4-13)12-2-1-9-24(11-12)16-6-8-20-15-10-22-18-14(17(15)16)5-7-21-18/h5-8,10,12-13,20H,1-4,9,11H2,(H,23,25)/t12-/m1/s1. The number of fused-ring (bicyclic) bond motifs is 3. The van der Waals surface area contributed by atoms with Crippen LogP contribution in [0.3, 0.4) is 0 Å². The second-order valence-corrected chi connectivity index (χ2v) is 7.16. The number of nitrogens with zero attached hydrogens (tertiary/aromatic N) is 3. The number of hydrogen-bond donors (Lipinski definition) is 2. The fourth-order valence-electron chi connectivity index (χ4n) is 3.86. The van der Waals surface area contributed by atoms with E-state index in [0.717, 1.165) is 66.4 Å². The van der Waals surface area contributed by atoms with Crippen molar-refractivity contribution < 1.29 is 4.79 Å². The maximum absolute atomic E-state index is 12.5. The van der Waals surface area contributed by atoms with E-state index in [1.165, 1.54) is 0 Å². The molecule has 6 nitrogen and oxygen atoms in total. The number of amides is 1. The van der Waals surface area contributed by atoms with Crippen LogP contribution in [0.4, 0.5) is 5.69 Å². The average molecular weight is 335 g/mol. The topological polar surface area (TPSA) is 73.9 Å². The van der Waals surface area contributed by atoms with Crippen LogP contribution in [0.25, 0.3) is 21.9 Å². The van der Waals surface area contributed by atoms with Gasteiger partial charge in [-0.15, -0.1) is 0 Å². The molecule has 0 unspecified atom stereocenters. The number of aromatic nitrogens is 3. The summed E-state index contributed by atoms with van der Waals surface area (Å²) in [6.07, 6.45) is 9.88. The van der Waals surface area contributed by atoms with Crippen molar-refractivity contribution in [3.8, 4) is 0 Å². The SMILES string of the molecule is O=C(NC1CC1)[C@@H]1CCCN(c2cc[nH]c3cnc4nccc4c23)C1. The molecule has 0 spiro atoms. The van der Waals surface area contributed by atoms with Crippen LogP contribution in [-0.2, 0) is 4.79 Å². The van der Waals surface area contributed by atoms with Gasteiger partial charge in [-0.3, -0.25) is 4.79 Å². The minimum Gasteiger partial charge on any atom is -0.370 e. The molecule has 1 saturated carbocycles. The molecule has 128 valence electrons. The molecule has 5 rings (SSSR count). The second kappa shape index (κ2) is 5.72. The number of anilines is 1. The molecule has 4 heterocycles. The van der Waals surface area contributed by atoms with E-state index in [1.54, 1.807) is 6.20 Å². The number of nitrogens with one attached hydrogen (secondary N) is 2. The zero-order valence-corrected chi connectivity index (χ0v) is 14.0. The van der Waals surface area contributed by atoms with Gasteiger partial charge in [0.2, 0.25) is 5.91 Å². The summed E-state index contributed by atoms with van der Waals surface area (Å²) in [5.41, 5.74) is 2.94. The molecule has 25 heavy (non-hydrogen) atoms. The van der Waals surface area contributed by atoms with Crippen LogP contribution >= 0.6 is 0 Å². The van der Waals surface area contributed by atoms with Crippen molar-refractivity contribution in [1.82, 2.24) is 20.3 Å².